The van der Waals surface area contributed by atoms with Gasteiger partial charge in [-0.2, -0.15) is 4.58 Å². The lowest BCUT2D eigenvalue weighted by Gasteiger charge is -2.17. The zero-order valence-corrected chi connectivity index (χ0v) is 13.6. The van der Waals surface area contributed by atoms with Crippen molar-refractivity contribution in [3.63, 3.8) is 0 Å². The van der Waals surface area contributed by atoms with E-state index in [-0.39, 0.29) is 0 Å². The maximum Gasteiger partial charge on any atom is 0.292 e. The van der Waals surface area contributed by atoms with E-state index in [2.05, 4.69) is 0 Å². The molecule has 1 heterocycles. The molecule has 0 radical (unpaired) electrons. The van der Waals surface area contributed by atoms with Crippen LogP contribution in [0, 0.1) is 20.8 Å². The Bertz CT molecular complexity index is 789. The van der Waals surface area contributed by atoms with Crippen LogP contribution in [-0.2, 0) is 11.1 Å². The SMILES string of the molecule is Cc1cccc2c1OC[N+](c1cc(C)c(S(=O)[O-])c(C)c1)=C2. The average Bonchev–Trinajstić information content (AvgIpc) is 2.46. The fourth-order valence-corrected chi connectivity index (χ4v) is 3.46. The first kappa shape index (κ1) is 14.9. The second-order valence-corrected chi connectivity index (χ2v) is 6.39. The Morgan fingerprint density at radius 2 is 1.82 bits per heavy atom. The van der Waals surface area contributed by atoms with E-state index in [9.17, 15) is 8.76 Å². The Morgan fingerprint density at radius 3 is 2.45 bits per heavy atom. The fraction of sp³-hybridized carbons (Fsp3) is 0.235. The molecule has 0 N–H and O–H groups in total. The van der Waals surface area contributed by atoms with E-state index in [4.69, 9.17) is 4.74 Å². The van der Waals surface area contributed by atoms with Crippen LogP contribution >= 0.6 is 0 Å². The first-order valence-electron chi connectivity index (χ1n) is 7.02. The van der Waals surface area contributed by atoms with Gasteiger partial charge in [0.1, 0.15) is 5.75 Å². The Balaban J connectivity index is 2.08. The maximum absolute atomic E-state index is 11.3. The van der Waals surface area contributed by atoms with E-state index in [0.29, 0.717) is 11.6 Å². The van der Waals surface area contributed by atoms with Crippen LogP contribution in [0.1, 0.15) is 22.3 Å². The molecule has 0 fully saturated rings. The summed E-state index contributed by atoms with van der Waals surface area (Å²) in [5.74, 6) is 0.907. The molecule has 0 amide bonds. The van der Waals surface area contributed by atoms with Crippen LogP contribution in [0.15, 0.2) is 35.2 Å². The van der Waals surface area contributed by atoms with Gasteiger partial charge in [0, 0.05) is 17.0 Å². The molecule has 1 atom stereocenters. The van der Waals surface area contributed by atoms with Crippen LogP contribution in [0.5, 0.6) is 5.75 Å². The fourth-order valence-electron chi connectivity index (χ4n) is 2.82. The molecule has 0 spiro atoms. The monoisotopic (exact) mass is 315 g/mol. The van der Waals surface area contributed by atoms with Gasteiger partial charge in [0.2, 0.25) is 5.69 Å². The quantitative estimate of drug-likeness (QED) is 0.632. The number of para-hydroxylation sites is 1. The maximum atomic E-state index is 11.3. The van der Waals surface area contributed by atoms with Gasteiger partial charge in [-0.05, 0) is 54.6 Å². The average molecular weight is 315 g/mol. The van der Waals surface area contributed by atoms with Crippen LogP contribution in [0.2, 0.25) is 0 Å². The van der Waals surface area contributed by atoms with Crippen LogP contribution in [-0.4, -0.2) is 26.3 Å². The number of rotatable bonds is 2. The second-order valence-electron chi connectivity index (χ2n) is 5.51. The number of ether oxygens (including phenoxy) is 1. The summed E-state index contributed by atoms with van der Waals surface area (Å²) in [7, 11) is 0. The van der Waals surface area contributed by atoms with Crippen molar-refractivity contribution in [3.05, 3.63) is 52.6 Å². The standard InChI is InChI=1S/C17H17NO3S/c1-11-5-4-6-14-9-18(10-21-16(11)14)15-7-12(2)17(22(19)20)13(3)8-15/h4-9H,10H2,1-3H3. The molecular formula is C17H17NO3S. The number of fused-ring (bicyclic) bond motifs is 1. The number of benzene rings is 2. The van der Waals surface area contributed by atoms with Gasteiger partial charge >= 0.3 is 0 Å². The molecule has 3 rings (SSSR count). The Hall–Kier alpha value is -1.98. The van der Waals surface area contributed by atoms with E-state index in [0.717, 1.165) is 33.7 Å². The second kappa shape index (κ2) is 5.66. The van der Waals surface area contributed by atoms with Crippen molar-refractivity contribution in [1.82, 2.24) is 0 Å². The van der Waals surface area contributed by atoms with Crippen molar-refractivity contribution in [3.8, 4) is 5.75 Å². The first-order valence-corrected chi connectivity index (χ1v) is 8.09. The zero-order chi connectivity index (χ0) is 15.9. The molecule has 0 saturated carbocycles. The van der Waals surface area contributed by atoms with Crippen molar-refractivity contribution in [2.75, 3.05) is 6.73 Å². The lowest BCUT2D eigenvalue weighted by molar-refractivity contribution is -0.476. The van der Waals surface area contributed by atoms with E-state index in [1.54, 1.807) is 0 Å². The molecule has 1 aliphatic rings. The van der Waals surface area contributed by atoms with Gasteiger partial charge in [0.05, 0.1) is 5.56 Å². The lowest BCUT2D eigenvalue weighted by atomic mass is 10.1. The highest BCUT2D eigenvalue weighted by molar-refractivity contribution is 7.79. The summed E-state index contributed by atoms with van der Waals surface area (Å²) >= 11 is -2.21. The molecule has 1 unspecified atom stereocenters. The summed E-state index contributed by atoms with van der Waals surface area (Å²) in [6.45, 7) is 6.06. The summed E-state index contributed by atoms with van der Waals surface area (Å²) in [5, 5.41) is 0. The van der Waals surface area contributed by atoms with Crippen LogP contribution in [0.3, 0.4) is 0 Å². The number of hydrogen-bond acceptors (Lipinski definition) is 3. The molecule has 5 heteroatoms. The van der Waals surface area contributed by atoms with Crippen molar-refractivity contribution in [2.45, 2.75) is 25.7 Å². The normalized spacial score (nSPS) is 14.8. The molecule has 2 aromatic carbocycles. The van der Waals surface area contributed by atoms with E-state index < -0.39 is 11.1 Å². The zero-order valence-electron chi connectivity index (χ0n) is 12.8. The third-order valence-corrected chi connectivity index (χ3v) is 4.81. The molecule has 0 aliphatic carbocycles. The third kappa shape index (κ3) is 2.58. The van der Waals surface area contributed by atoms with Gasteiger partial charge in [0.15, 0.2) is 6.21 Å². The third-order valence-electron chi connectivity index (χ3n) is 3.83. The molecule has 22 heavy (non-hydrogen) atoms. The highest BCUT2D eigenvalue weighted by atomic mass is 32.2. The Kier molecular flexibility index (Phi) is 3.85. The van der Waals surface area contributed by atoms with Gasteiger partial charge in [-0.3, -0.25) is 4.21 Å². The topological polar surface area (TPSA) is 52.4 Å². The summed E-state index contributed by atoms with van der Waals surface area (Å²) in [4.78, 5) is 0.373. The smallest absolute Gasteiger partial charge is 0.292 e. The minimum absolute atomic E-state index is 0.373. The van der Waals surface area contributed by atoms with Gasteiger partial charge in [-0.15, -0.1) is 0 Å². The minimum atomic E-state index is -2.21. The molecule has 4 nitrogen and oxygen atoms in total. The lowest BCUT2D eigenvalue weighted by Crippen LogP contribution is -2.21. The molecule has 114 valence electrons. The van der Waals surface area contributed by atoms with E-state index in [1.165, 1.54) is 0 Å². The van der Waals surface area contributed by atoms with Crippen molar-refractivity contribution in [2.24, 2.45) is 0 Å². The Morgan fingerprint density at radius 1 is 1.14 bits per heavy atom. The van der Waals surface area contributed by atoms with Crippen molar-refractivity contribution >= 4 is 23.0 Å². The van der Waals surface area contributed by atoms with Crippen LogP contribution in [0.4, 0.5) is 5.69 Å². The summed E-state index contributed by atoms with van der Waals surface area (Å²) in [6.07, 6.45) is 2.04. The van der Waals surface area contributed by atoms with Gasteiger partial charge < -0.3 is 9.29 Å². The highest BCUT2D eigenvalue weighted by Crippen LogP contribution is 2.28. The predicted molar refractivity (Wildman–Crippen MR) is 84.9 cm³/mol. The van der Waals surface area contributed by atoms with Crippen LogP contribution in [0.25, 0.3) is 0 Å². The summed E-state index contributed by atoms with van der Waals surface area (Å²) < 4.78 is 30.4. The Labute approximate surface area is 132 Å². The van der Waals surface area contributed by atoms with Crippen LogP contribution < -0.4 is 4.74 Å². The number of hydrogen-bond donors (Lipinski definition) is 0. The molecular weight excluding hydrogens is 298 g/mol. The molecule has 2 aromatic rings. The largest absolute Gasteiger partial charge is 0.768 e. The summed E-state index contributed by atoms with van der Waals surface area (Å²) in [6, 6.07) is 9.78. The predicted octanol–water partition coefficient (Wildman–Crippen LogP) is 2.96. The van der Waals surface area contributed by atoms with Gasteiger partial charge in [-0.1, -0.05) is 12.1 Å². The molecule has 1 aliphatic heterocycles. The van der Waals surface area contributed by atoms with Gasteiger partial charge in [-0.25, -0.2) is 0 Å². The molecule has 0 bridgehead atoms. The van der Waals surface area contributed by atoms with E-state index >= 15 is 0 Å². The van der Waals surface area contributed by atoms with Gasteiger partial charge in [0.25, 0.3) is 6.73 Å². The van der Waals surface area contributed by atoms with Crippen molar-refractivity contribution < 1.29 is 18.1 Å². The first-order chi connectivity index (χ1) is 10.5. The highest BCUT2D eigenvalue weighted by Gasteiger charge is 2.21. The molecule has 0 saturated heterocycles. The minimum Gasteiger partial charge on any atom is -0.768 e. The summed E-state index contributed by atoms with van der Waals surface area (Å²) in [5.41, 5.74) is 4.55. The van der Waals surface area contributed by atoms with E-state index in [1.807, 2.05) is 61.9 Å². The number of nitrogens with zero attached hydrogens (tertiary/aromatic N) is 1. The number of aryl methyl sites for hydroxylation is 3. The molecule has 0 aromatic heterocycles. The van der Waals surface area contributed by atoms with Crippen molar-refractivity contribution in [1.29, 1.82) is 0 Å².